The normalized spacial score (nSPS) is 41.7. The van der Waals surface area contributed by atoms with Gasteiger partial charge < -0.3 is 5.73 Å². The lowest BCUT2D eigenvalue weighted by Gasteiger charge is -2.32. The second-order valence-corrected chi connectivity index (χ2v) is 3.63. The molecule has 2 heterocycles. The van der Waals surface area contributed by atoms with Crippen molar-refractivity contribution in [1.29, 1.82) is 0 Å². The summed E-state index contributed by atoms with van der Waals surface area (Å²) >= 11 is 0. The number of fused-ring (bicyclic) bond motifs is 1. The summed E-state index contributed by atoms with van der Waals surface area (Å²) in [6, 6.07) is 1.37. The topological polar surface area (TPSA) is 29.3 Å². The molecule has 0 aromatic heterocycles. The number of nitrogens with zero attached hydrogens (tertiary/aromatic N) is 1. The van der Waals surface area contributed by atoms with E-state index in [1.54, 1.807) is 0 Å². The lowest BCUT2D eigenvalue weighted by Crippen LogP contribution is -2.45. The Morgan fingerprint density at radius 2 is 2.10 bits per heavy atom. The van der Waals surface area contributed by atoms with Crippen molar-refractivity contribution in [3.63, 3.8) is 0 Å². The molecule has 0 amide bonds. The van der Waals surface area contributed by atoms with Crippen molar-refractivity contribution in [2.75, 3.05) is 13.1 Å². The Morgan fingerprint density at radius 1 is 1.20 bits per heavy atom. The van der Waals surface area contributed by atoms with Gasteiger partial charge in [-0.15, -0.1) is 0 Å². The van der Waals surface area contributed by atoms with Gasteiger partial charge in [-0.3, -0.25) is 4.90 Å². The molecule has 2 aliphatic heterocycles. The van der Waals surface area contributed by atoms with Crippen LogP contribution < -0.4 is 5.73 Å². The van der Waals surface area contributed by atoms with Gasteiger partial charge in [-0.05, 0) is 32.2 Å². The van der Waals surface area contributed by atoms with Crippen LogP contribution in [-0.4, -0.2) is 30.1 Å². The number of hydrogen-bond donors (Lipinski definition) is 1. The molecule has 10 heavy (non-hydrogen) atoms. The smallest absolute Gasteiger partial charge is 0.0168 e. The Bertz CT molecular complexity index is 124. The van der Waals surface area contributed by atoms with Gasteiger partial charge in [0.2, 0.25) is 0 Å². The minimum Gasteiger partial charge on any atom is -0.327 e. The molecule has 2 aliphatic rings. The van der Waals surface area contributed by atoms with E-state index in [0.29, 0.717) is 6.04 Å². The molecule has 2 N–H and O–H groups in total. The summed E-state index contributed by atoms with van der Waals surface area (Å²) in [6.07, 6.45) is 5.42. The molecule has 2 nitrogen and oxygen atoms in total. The molecule has 2 saturated heterocycles. The first-order valence-corrected chi connectivity index (χ1v) is 4.36. The maximum atomic E-state index is 5.85. The molecule has 2 atom stereocenters. The van der Waals surface area contributed by atoms with Gasteiger partial charge in [0.1, 0.15) is 0 Å². The number of hydrogen-bond acceptors (Lipinski definition) is 2. The summed E-state index contributed by atoms with van der Waals surface area (Å²) in [5.41, 5.74) is 5.85. The first kappa shape index (κ1) is 6.62. The summed E-state index contributed by atoms with van der Waals surface area (Å²) in [5.74, 6) is 0. The second kappa shape index (κ2) is 2.51. The van der Waals surface area contributed by atoms with Gasteiger partial charge in [0, 0.05) is 18.6 Å². The van der Waals surface area contributed by atoms with Crippen molar-refractivity contribution in [1.82, 2.24) is 4.90 Å². The Morgan fingerprint density at radius 3 is 3.00 bits per heavy atom. The molecule has 0 saturated carbocycles. The summed E-state index contributed by atoms with van der Waals surface area (Å²) in [4.78, 5) is 2.56. The fraction of sp³-hybridized carbons (Fsp3) is 1.00. The van der Waals surface area contributed by atoms with Crippen molar-refractivity contribution in [2.24, 2.45) is 5.73 Å². The van der Waals surface area contributed by atoms with E-state index in [0.717, 1.165) is 12.6 Å². The molecule has 0 spiro atoms. The van der Waals surface area contributed by atoms with Crippen molar-refractivity contribution < 1.29 is 0 Å². The van der Waals surface area contributed by atoms with Crippen molar-refractivity contribution in [3.05, 3.63) is 0 Å². The molecule has 2 rings (SSSR count). The lowest BCUT2D eigenvalue weighted by atomic mass is 10.00. The molecule has 0 unspecified atom stereocenters. The van der Waals surface area contributed by atoms with Crippen molar-refractivity contribution in [3.8, 4) is 0 Å². The zero-order valence-corrected chi connectivity index (χ0v) is 6.42. The number of nitrogens with two attached hydrogens (primary N) is 1. The molecule has 0 aliphatic carbocycles. The predicted molar refractivity (Wildman–Crippen MR) is 41.8 cm³/mol. The van der Waals surface area contributed by atoms with Gasteiger partial charge in [-0.1, -0.05) is 0 Å². The maximum Gasteiger partial charge on any atom is 0.0168 e. The lowest BCUT2D eigenvalue weighted by molar-refractivity contribution is 0.180. The van der Waals surface area contributed by atoms with Gasteiger partial charge in [0.15, 0.2) is 0 Å². The Kier molecular flexibility index (Phi) is 1.66. The summed E-state index contributed by atoms with van der Waals surface area (Å²) in [5, 5.41) is 0. The highest BCUT2D eigenvalue weighted by Gasteiger charge is 2.29. The molecular weight excluding hydrogens is 124 g/mol. The molecule has 58 valence electrons. The zero-order valence-electron chi connectivity index (χ0n) is 6.42. The molecule has 0 radical (unpaired) electrons. The van der Waals surface area contributed by atoms with Crippen molar-refractivity contribution in [2.45, 2.75) is 37.8 Å². The van der Waals surface area contributed by atoms with E-state index in [9.17, 15) is 0 Å². The van der Waals surface area contributed by atoms with Crippen LogP contribution in [0.1, 0.15) is 25.7 Å². The minimum atomic E-state index is 0.467. The van der Waals surface area contributed by atoms with Crippen LogP contribution in [0.5, 0.6) is 0 Å². The van der Waals surface area contributed by atoms with Crippen LogP contribution in [0, 0.1) is 0 Å². The largest absolute Gasteiger partial charge is 0.327 e. The molecule has 0 bridgehead atoms. The number of piperidine rings is 1. The van der Waals surface area contributed by atoms with E-state index >= 15 is 0 Å². The summed E-state index contributed by atoms with van der Waals surface area (Å²) < 4.78 is 0. The summed E-state index contributed by atoms with van der Waals surface area (Å²) in [6.45, 7) is 2.46. The third-order valence-electron chi connectivity index (χ3n) is 2.84. The maximum absolute atomic E-state index is 5.85. The van der Waals surface area contributed by atoms with Crippen LogP contribution >= 0.6 is 0 Å². The monoisotopic (exact) mass is 140 g/mol. The molecule has 0 aromatic rings. The fourth-order valence-corrected chi connectivity index (χ4v) is 2.26. The van der Waals surface area contributed by atoms with E-state index in [4.69, 9.17) is 5.73 Å². The van der Waals surface area contributed by atoms with Gasteiger partial charge in [0.05, 0.1) is 0 Å². The van der Waals surface area contributed by atoms with E-state index < -0.39 is 0 Å². The molecular formula is C8H16N2. The first-order valence-electron chi connectivity index (χ1n) is 4.36. The van der Waals surface area contributed by atoms with Crippen molar-refractivity contribution >= 4 is 0 Å². The molecule has 0 aromatic carbocycles. The predicted octanol–water partition coefficient (Wildman–Crippen LogP) is 0.572. The van der Waals surface area contributed by atoms with Gasteiger partial charge in [-0.2, -0.15) is 0 Å². The van der Waals surface area contributed by atoms with Crippen LogP contribution in [0.2, 0.25) is 0 Å². The average molecular weight is 140 g/mol. The van der Waals surface area contributed by atoms with Crippen LogP contribution in [0.25, 0.3) is 0 Å². The van der Waals surface area contributed by atoms with Gasteiger partial charge in [0.25, 0.3) is 0 Å². The van der Waals surface area contributed by atoms with Gasteiger partial charge in [-0.25, -0.2) is 0 Å². The van der Waals surface area contributed by atoms with E-state index in [1.807, 2.05) is 0 Å². The van der Waals surface area contributed by atoms with Crippen LogP contribution in [0.15, 0.2) is 0 Å². The second-order valence-electron chi connectivity index (χ2n) is 3.63. The van der Waals surface area contributed by atoms with E-state index in [1.165, 1.54) is 32.2 Å². The third kappa shape index (κ3) is 1.06. The fourth-order valence-electron chi connectivity index (χ4n) is 2.26. The quantitative estimate of drug-likeness (QED) is 0.533. The first-order chi connectivity index (χ1) is 4.86. The third-order valence-corrected chi connectivity index (χ3v) is 2.84. The highest BCUT2D eigenvalue weighted by atomic mass is 15.2. The Labute approximate surface area is 62.4 Å². The SMILES string of the molecule is N[C@H]1CC[C@H]2CCCN2C1. The Balaban J connectivity index is 1.96. The highest BCUT2D eigenvalue weighted by molar-refractivity contribution is 4.87. The van der Waals surface area contributed by atoms with E-state index in [2.05, 4.69) is 4.90 Å². The van der Waals surface area contributed by atoms with Crippen LogP contribution in [0.3, 0.4) is 0 Å². The summed E-state index contributed by atoms with van der Waals surface area (Å²) in [7, 11) is 0. The van der Waals surface area contributed by atoms with Crippen LogP contribution in [0.4, 0.5) is 0 Å². The molecule has 2 heteroatoms. The Hall–Kier alpha value is -0.0800. The number of rotatable bonds is 0. The van der Waals surface area contributed by atoms with Crippen LogP contribution in [-0.2, 0) is 0 Å². The average Bonchev–Trinajstić information content (AvgIpc) is 2.33. The molecule has 2 fully saturated rings. The van der Waals surface area contributed by atoms with E-state index in [-0.39, 0.29) is 0 Å². The zero-order chi connectivity index (χ0) is 6.97. The minimum absolute atomic E-state index is 0.467. The highest BCUT2D eigenvalue weighted by Crippen LogP contribution is 2.25. The standard InChI is InChI=1S/C8H16N2/c9-7-3-4-8-2-1-5-10(8)6-7/h7-8H,1-6,9H2/t7-,8+/m0/s1. The van der Waals surface area contributed by atoms with Gasteiger partial charge >= 0.3 is 0 Å².